The Morgan fingerprint density at radius 1 is 0.781 bits per heavy atom. The number of likely N-dealkylation sites (tertiary alicyclic amines) is 1. The Bertz CT molecular complexity index is 1070. The highest BCUT2D eigenvalue weighted by atomic mass is 16.2. The number of nitrogens with zero attached hydrogens (tertiary/aromatic N) is 2. The van der Waals surface area contributed by atoms with Gasteiger partial charge in [-0.2, -0.15) is 0 Å². The van der Waals surface area contributed by atoms with E-state index in [-0.39, 0.29) is 18.4 Å². The van der Waals surface area contributed by atoms with Gasteiger partial charge < -0.3 is 9.80 Å². The van der Waals surface area contributed by atoms with Gasteiger partial charge in [0, 0.05) is 19.6 Å². The van der Waals surface area contributed by atoms with Crippen molar-refractivity contribution in [3.63, 3.8) is 0 Å². The van der Waals surface area contributed by atoms with E-state index in [4.69, 9.17) is 0 Å². The molecular formula is C28H28N2O2. The number of piperidine rings is 1. The second kappa shape index (κ2) is 8.62. The number of hydrogen-bond acceptors (Lipinski definition) is 2. The van der Waals surface area contributed by atoms with E-state index in [2.05, 4.69) is 18.2 Å². The van der Waals surface area contributed by atoms with Crippen LogP contribution in [0.3, 0.4) is 0 Å². The van der Waals surface area contributed by atoms with Crippen molar-refractivity contribution >= 4 is 11.8 Å². The van der Waals surface area contributed by atoms with Crippen LogP contribution in [0.4, 0.5) is 0 Å². The first kappa shape index (κ1) is 20.5. The summed E-state index contributed by atoms with van der Waals surface area (Å²) in [6.07, 6.45) is 2.49. The van der Waals surface area contributed by atoms with Crippen LogP contribution in [0.2, 0.25) is 0 Å². The number of rotatable bonds is 4. The van der Waals surface area contributed by atoms with E-state index in [1.165, 1.54) is 11.1 Å². The smallest absolute Gasteiger partial charge is 0.242 e. The van der Waals surface area contributed by atoms with Crippen molar-refractivity contribution in [2.75, 3.05) is 19.6 Å². The molecule has 3 aromatic rings. The maximum atomic E-state index is 14.0. The van der Waals surface area contributed by atoms with E-state index in [1.54, 1.807) is 4.90 Å². The fourth-order valence-corrected chi connectivity index (χ4v) is 5.28. The Balaban J connectivity index is 1.41. The summed E-state index contributed by atoms with van der Waals surface area (Å²) >= 11 is 0. The van der Waals surface area contributed by atoms with Crippen LogP contribution in [0.5, 0.6) is 0 Å². The molecule has 2 aliphatic heterocycles. The van der Waals surface area contributed by atoms with Crippen LogP contribution in [0.15, 0.2) is 84.9 Å². The second-order valence-corrected chi connectivity index (χ2v) is 8.80. The van der Waals surface area contributed by atoms with Crippen molar-refractivity contribution < 1.29 is 9.59 Å². The molecule has 162 valence electrons. The molecule has 0 aromatic heterocycles. The van der Waals surface area contributed by atoms with Crippen molar-refractivity contribution in [2.45, 2.75) is 31.2 Å². The number of benzene rings is 3. The highest BCUT2D eigenvalue weighted by molar-refractivity contribution is 5.95. The number of hydrogen-bond donors (Lipinski definition) is 0. The number of amides is 2. The molecule has 0 atom stereocenters. The molecule has 1 fully saturated rings. The lowest BCUT2D eigenvalue weighted by Crippen LogP contribution is -2.55. The first-order valence-corrected chi connectivity index (χ1v) is 11.4. The summed E-state index contributed by atoms with van der Waals surface area (Å²) in [6.45, 7) is 2.10. The first-order chi connectivity index (χ1) is 15.7. The summed E-state index contributed by atoms with van der Waals surface area (Å²) in [5.41, 5.74) is 3.79. The average Bonchev–Trinajstić information content (AvgIpc) is 2.86. The maximum absolute atomic E-state index is 14.0. The minimum Gasteiger partial charge on any atom is -0.336 e. The van der Waals surface area contributed by atoms with Gasteiger partial charge in [0.25, 0.3) is 0 Å². The van der Waals surface area contributed by atoms with E-state index >= 15 is 0 Å². The summed E-state index contributed by atoms with van der Waals surface area (Å²) in [6, 6.07) is 28.4. The van der Waals surface area contributed by atoms with Crippen LogP contribution in [0.25, 0.3) is 0 Å². The summed E-state index contributed by atoms with van der Waals surface area (Å²) in [7, 11) is 0. The van der Waals surface area contributed by atoms with Crippen molar-refractivity contribution in [1.82, 2.24) is 9.80 Å². The van der Waals surface area contributed by atoms with E-state index < -0.39 is 5.41 Å². The molecule has 5 rings (SSSR count). The summed E-state index contributed by atoms with van der Waals surface area (Å²) in [5.74, 6) is 0.0664. The predicted molar refractivity (Wildman–Crippen MR) is 125 cm³/mol. The highest BCUT2D eigenvalue weighted by Gasteiger charge is 2.47. The summed E-state index contributed by atoms with van der Waals surface area (Å²) < 4.78 is 0. The Kier molecular flexibility index (Phi) is 5.52. The zero-order valence-corrected chi connectivity index (χ0v) is 18.2. The minimum atomic E-state index is -0.741. The van der Waals surface area contributed by atoms with Gasteiger partial charge in [-0.25, -0.2) is 0 Å². The van der Waals surface area contributed by atoms with Gasteiger partial charge in [-0.3, -0.25) is 9.59 Å². The van der Waals surface area contributed by atoms with E-state index in [9.17, 15) is 9.59 Å². The topological polar surface area (TPSA) is 40.6 Å². The molecule has 0 unspecified atom stereocenters. The lowest BCUT2D eigenvalue weighted by atomic mass is 9.68. The second-order valence-electron chi connectivity index (χ2n) is 8.80. The van der Waals surface area contributed by atoms with Crippen LogP contribution < -0.4 is 0 Å². The third-order valence-electron chi connectivity index (χ3n) is 6.97. The molecule has 0 saturated carbocycles. The molecule has 1 saturated heterocycles. The Morgan fingerprint density at radius 3 is 2.03 bits per heavy atom. The number of carbonyl (C=O) groups excluding carboxylic acids is 2. The predicted octanol–water partition coefficient (Wildman–Crippen LogP) is 4.18. The van der Waals surface area contributed by atoms with Gasteiger partial charge >= 0.3 is 0 Å². The van der Waals surface area contributed by atoms with Gasteiger partial charge in [0.1, 0.15) is 0 Å². The van der Waals surface area contributed by atoms with Gasteiger partial charge in [0.15, 0.2) is 0 Å². The molecule has 4 nitrogen and oxygen atoms in total. The molecule has 0 radical (unpaired) electrons. The molecule has 0 aliphatic carbocycles. The maximum Gasteiger partial charge on any atom is 0.242 e. The molecule has 2 amide bonds. The molecule has 0 spiro atoms. The fraction of sp³-hybridized carbons (Fsp3) is 0.286. The van der Waals surface area contributed by atoms with Gasteiger partial charge in [0.05, 0.1) is 12.0 Å². The normalized spacial score (nSPS) is 17.7. The van der Waals surface area contributed by atoms with E-state index in [0.29, 0.717) is 19.6 Å². The molecular weight excluding hydrogens is 396 g/mol. The van der Waals surface area contributed by atoms with Crippen molar-refractivity contribution in [3.8, 4) is 0 Å². The van der Waals surface area contributed by atoms with Gasteiger partial charge in [-0.15, -0.1) is 0 Å². The lowest BCUT2D eigenvalue weighted by Gasteiger charge is -2.43. The van der Waals surface area contributed by atoms with Gasteiger partial charge in [0.2, 0.25) is 11.8 Å². The largest absolute Gasteiger partial charge is 0.336 e. The number of fused-ring (bicyclic) bond motifs is 1. The molecule has 3 aromatic carbocycles. The van der Waals surface area contributed by atoms with E-state index in [1.807, 2.05) is 71.6 Å². The fourth-order valence-electron chi connectivity index (χ4n) is 5.28. The Hall–Kier alpha value is -3.40. The van der Waals surface area contributed by atoms with Crippen molar-refractivity contribution in [1.29, 1.82) is 0 Å². The minimum absolute atomic E-state index is 0.0322. The van der Waals surface area contributed by atoms with Crippen LogP contribution in [-0.2, 0) is 28.0 Å². The summed E-state index contributed by atoms with van der Waals surface area (Å²) in [4.78, 5) is 30.9. The zero-order chi connectivity index (χ0) is 22.0. The quantitative estimate of drug-likeness (QED) is 0.630. The Morgan fingerprint density at radius 2 is 1.38 bits per heavy atom. The monoisotopic (exact) mass is 424 g/mol. The van der Waals surface area contributed by atoms with Crippen LogP contribution in [0, 0.1) is 0 Å². The standard InChI is InChI=1S/C28H28N2O2/c31-26(29-19-16-22-10-7-8-11-23(22)20-29)21-30-18-9-17-28(27(30)32,24-12-3-1-4-13-24)25-14-5-2-6-15-25/h1-8,10-15H,9,16-21H2. The van der Waals surface area contributed by atoms with Crippen molar-refractivity contribution in [3.05, 3.63) is 107 Å². The first-order valence-electron chi connectivity index (χ1n) is 11.4. The zero-order valence-electron chi connectivity index (χ0n) is 18.2. The third-order valence-corrected chi connectivity index (χ3v) is 6.97. The average molecular weight is 425 g/mol. The SMILES string of the molecule is O=C(CN1CCCC(c2ccccc2)(c2ccccc2)C1=O)N1CCc2ccccc2C1. The molecule has 0 bridgehead atoms. The van der Waals surface area contributed by atoms with Crippen LogP contribution >= 0.6 is 0 Å². The number of carbonyl (C=O) groups is 2. The lowest BCUT2D eigenvalue weighted by molar-refractivity contribution is -0.146. The van der Waals surface area contributed by atoms with E-state index in [0.717, 1.165) is 30.4 Å². The third kappa shape index (κ3) is 3.60. The van der Waals surface area contributed by atoms with Crippen molar-refractivity contribution in [2.24, 2.45) is 0 Å². The highest BCUT2D eigenvalue weighted by Crippen LogP contribution is 2.41. The van der Waals surface area contributed by atoms with Gasteiger partial charge in [-0.05, 0) is 41.5 Å². The summed E-state index contributed by atoms with van der Waals surface area (Å²) in [5, 5.41) is 0. The molecule has 32 heavy (non-hydrogen) atoms. The van der Waals surface area contributed by atoms with Crippen LogP contribution in [0.1, 0.15) is 35.1 Å². The molecule has 2 heterocycles. The molecule has 0 N–H and O–H groups in total. The Labute approximate surface area is 189 Å². The molecule has 2 aliphatic rings. The van der Waals surface area contributed by atoms with Crippen LogP contribution in [-0.4, -0.2) is 41.2 Å². The van der Waals surface area contributed by atoms with Gasteiger partial charge in [-0.1, -0.05) is 84.9 Å². The molecule has 4 heteroatoms.